The van der Waals surface area contributed by atoms with Gasteiger partial charge in [-0.15, -0.1) is 0 Å². The molecule has 0 bridgehead atoms. The zero-order chi connectivity index (χ0) is 27.6. The van der Waals surface area contributed by atoms with Gasteiger partial charge in [0.1, 0.15) is 11.8 Å². The fraction of sp³-hybridized carbons (Fsp3) is 0.630. The summed E-state index contributed by atoms with van der Waals surface area (Å²) in [7, 11) is 1.57. The van der Waals surface area contributed by atoms with Gasteiger partial charge < -0.3 is 20.3 Å². The van der Waals surface area contributed by atoms with Crippen molar-refractivity contribution in [2.45, 2.75) is 71.9 Å². The van der Waals surface area contributed by atoms with E-state index in [9.17, 15) is 24.4 Å². The number of piperidine rings is 1. The summed E-state index contributed by atoms with van der Waals surface area (Å²) in [6.07, 6.45) is 3.61. The molecule has 1 fully saturated rings. The molecule has 1 saturated heterocycles. The van der Waals surface area contributed by atoms with E-state index in [0.717, 1.165) is 12.8 Å². The summed E-state index contributed by atoms with van der Waals surface area (Å²) < 4.78 is 5.13. The molecule has 3 N–H and O–H groups in total. The molecule has 2 rings (SSSR count). The molecule has 1 aromatic rings. The number of carbonyl (C=O) groups is 4. The van der Waals surface area contributed by atoms with Crippen molar-refractivity contribution < 1.29 is 29.1 Å². The predicted molar refractivity (Wildman–Crippen MR) is 139 cm³/mol. The molecule has 0 spiro atoms. The number of hydrogen-bond acceptors (Lipinski definition) is 6. The van der Waals surface area contributed by atoms with Crippen LogP contribution in [0.5, 0.6) is 5.75 Å². The molecular weight excluding hydrogens is 476 g/mol. The van der Waals surface area contributed by atoms with Gasteiger partial charge in [-0.05, 0) is 48.9 Å². The van der Waals surface area contributed by atoms with E-state index in [1.807, 2.05) is 27.7 Å². The fourth-order valence-corrected chi connectivity index (χ4v) is 4.37. The van der Waals surface area contributed by atoms with Gasteiger partial charge in [-0.1, -0.05) is 40.5 Å². The quantitative estimate of drug-likeness (QED) is 0.222. The molecule has 206 valence electrons. The Labute approximate surface area is 219 Å². The van der Waals surface area contributed by atoms with E-state index in [-0.39, 0.29) is 36.7 Å². The minimum absolute atomic E-state index is 0.0568. The highest BCUT2D eigenvalue weighted by Gasteiger charge is 2.38. The number of rotatable bonds is 12. The van der Waals surface area contributed by atoms with Crippen LogP contribution in [0.3, 0.4) is 0 Å². The highest BCUT2D eigenvalue weighted by molar-refractivity contribution is 5.94. The number of unbranched alkanes of at least 4 members (excludes halogenated alkanes) is 1. The van der Waals surface area contributed by atoms with Gasteiger partial charge in [-0.25, -0.2) is 5.06 Å². The van der Waals surface area contributed by atoms with Crippen LogP contribution in [-0.2, 0) is 14.4 Å². The lowest BCUT2D eigenvalue weighted by Crippen LogP contribution is -2.58. The second-order valence-electron chi connectivity index (χ2n) is 10.7. The number of methoxy groups -OCH3 is 1. The van der Waals surface area contributed by atoms with Crippen LogP contribution >= 0.6 is 0 Å². The molecule has 1 aliphatic rings. The van der Waals surface area contributed by atoms with Crippen LogP contribution in [0.15, 0.2) is 24.3 Å². The van der Waals surface area contributed by atoms with E-state index in [1.54, 1.807) is 36.3 Å². The van der Waals surface area contributed by atoms with Crippen molar-refractivity contribution in [2.75, 3.05) is 26.7 Å². The molecule has 10 nitrogen and oxygen atoms in total. The molecule has 0 aromatic heterocycles. The van der Waals surface area contributed by atoms with Crippen molar-refractivity contribution in [3.8, 4) is 5.75 Å². The number of amides is 4. The number of likely N-dealkylation sites (tertiary alicyclic amines) is 1. The largest absolute Gasteiger partial charge is 0.497 e. The lowest BCUT2D eigenvalue weighted by atomic mass is 9.84. The molecule has 0 aliphatic carbocycles. The summed E-state index contributed by atoms with van der Waals surface area (Å²) in [5.74, 6) is -0.640. The van der Waals surface area contributed by atoms with Gasteiger partial charge in [0, 0.05) is 24.7 Å². The van der Waals surface area contributed by atoms with Gasteiger partial charge in [-0.2, -0.15) is 0 Å². The molecule has 37 heavy (non-hydrogen) atoms. The minimum Gasteiger partial charge on any atom is -0.497 e. The van der Waals surface area contributed by atoms with Crippen LogP contribution in [0.25, 0.3) is 0 Å². The lowest BCUT2D eigenvalue weighted by molar-refractivity contribution is -0.155. The van der Waals surface area contributed by atoms with Crippen molar-refractivity contribution in [3.05, 3.63) is 29.8 Å². The summed E-state index contributed by atoms with van der Waals surface area (Å²) in [6, 6.07) is 6.07. The summed E-state index contributed by atoms with van der Waals surface area (Å²) in [6.45, 7) is 8.47. The molecule has 0 radical (unpaired) electrons. The third-order valence-corrected chi connectivity index (χ3v) is 6.70. The second-order valence-corrected chi connectivity index (χ2v) is 10.7. The van der Waals surface area contributed by atoms with Gasteiger partial charge in [0.2, 0.25) is 18.2 Å². The smallest absolute Gasteiger partial charge is 0.251 e. The van der Waals surface area contributed by atoms with Gasteiger partial charge >= 0.3 is 0 Å². The van der Waals surface area contributed by atoms with E-state index < -0.39 is 17.4 Å². The van der Waals surface area contributed by atoms with Crippen LogP contribution in [0.2, 0.25) is 0 Å². The van der Waals surface area contributed by atoms with Crippen LogP contribution in [-0.4, -0.2) is 78.1 Å². The first kappa shape index (κ1) is 30.1. The molecule has 0 unspecified atom stereocenters. The maximum absolute atomic E-state index is 13.5. The van der Waals surface area contributed by atoms with Crippen LogP contribution in [0.1, 0.15) is 70.2 Å². The monoisotopic (exact) mass is 518 g/mol. The Morgan fingerprint density at radius 2 is 1.81 bits per heavy atom. The van der Waals surface area contributed by atoms with E-state index in [0.29, 0.717) is 48.7 Å². The molecule has 4 amide bonds. The fourth-order valence-electron chi connectivity index (χ4n) is 4.37. The van der Waals surface area contributed by atoms with Crippen LogP contribution in [0.4, 0.5) is 0 Å². The zero-order valence-corrected chi connectivity index (χ0v) is 22.7. The van der Waals surface area contributed by atoms with Crippen LogP contribution < -0.4 is 15.4 Å². The Bertz CT molecular complexity index is 906. The summed E-state index contributed by atoms with van der Waals surface area (Å²) in [4.78, 5) is 51.8. The highest BCUT2D eigenvalue weighted by atomic mass is 16.5. The molecule has 2 atom stereocenters. The standard InChI is InChI=1S/C27H42N4O6/c1-6-7-8-20(17-31(36)18-32)25(34)29-23(27(2,3)4)26(35)30-15-13-21(14-16-30)28-24(33)19-9-11-22(37-5)12-10-19/h9-12,18,20-21,23,36H,6-8,13-17H2,1-5H3,(H,28,33)(H,29,34)/t20-,23-/m1/s1. The number of nitrogens with one attached hydrogen (secondary N) is 2. The van der Waals surface area contributed by atoms with Crippen molar-refractivity contribution in [2.24, 2.45) is 11.3 Å². The van der Waals surface area contributed by atoms with Crippen molar-refractivity contribution in [3.63, 3.8) is 0 Å². The predicted octanol–water partition coefficient (Wildman–Crippen LogP) is 2.60. The second kappa shape index (κ2) is 14.0. The number of benzene rings is 1. The highest BCUT2D eigenvalue weighted by Crippen LogP contribution is 2.24. The molecule has 1 aromatic carbocycles. The van der Waals surface area contributed by atoms with Gasteiger partial charge in [0.05, 0.1) is 19.6 Å². The summed E-state index contributed by atoms with van der Waals surface area (Å²) in [5, 5.41) is 16.1. The third-order valence-electron chi connectivity index (χ3n) is 6.70. The van der Waals surface area contributed by atoms with Crippen molar-refractivity contribution in [1.29, 1.82) is 0 Å². The molecule has 0 saturated carbocycles. The number of carbonyl (C=O) groups excluding carboxylic acids is 4. The molecule has 1 aliphatic heterocycles. The number of nitrogens with zero attached hydrogens (tertiary/aromatic N) is 2. The van der Waals surface area contributed by atoms with Crippen molar-refractivity contribution >= 4 is 24.1 Å². The van der Waals surface area contributed by atoms with Gasteiger partial charge in [0.25, 0.3) is 5.91 Å². The van der Waals surface area contributed by atoms with Crippen LogP contribution in [0, 0.1) is 11.3 Å². The van der Waals surface area contributed by atoms with Crippen molar-refractivity contribution in [1.82, 2.24) is 20.6 Å². The molecular formula is C27H42N4O6. The number of hydrogen-bond donors (Lipinski definition) is 3. The Balaban J connectivity index is 1.99. The first-order chi connectivity index (χ1) is 17.5. The maximum Gasteiger partial charge on any atom is 0.251 e. The van der Waals surface area contributed by atoms with Gasteiger partial charge in [0.15, 0.2) is 0 Å². The van der Waals surface area contributed by atoms with E-state index in [1.165, 1.54) is 0 Å². The number of ether oxygens (including phenoxy) is 1. The van der Waals surface area contributed by atoms with E-state index in [2.05, 4.69) is 10.6 Å². The van der Waals surface area contributed by atoms with E-state index in [4.69, 9.17) is 4.74 Å². The summed E-state index contributed by atoms with van der Waals surface area (Å²) in [5.41, 5.74) is -0.00568. The minimum atomic E-state index is -0.766. The third kappa shape index (κ3) is 9.03. The SMILES string of the molecule is CCCC[C@H](CN(O)C=O)C(=O)N[C@H](C(=O)N1CCC(NC(=O)c2ccc(OC)cc2)CC1)C(C)(C)C. The zero-order valence-electron chi connectivity index (χ0n) is 22.7. The van der Waals surface area contributed by atoms with E-state index >= 15 is 0 Å². The Kier molecular flexibility index (Phi) is 11.4. The Morgan fingerprint density at radius 1 is 1.19 bits per heavy atom. The van der Waals surface area contributed by atoms with Gasteiger partial charge in [-0.3, -0.25) is 24.4 Å². The topological polar surface area (TPSA) is 128 Å². The average molecular weight is 519 g/mol. The average Bonchev–Trinajstić information content (AvgIpc) is 2.88. The molecule has 10 heteroatoms. The maximum atomic E-state index is 13.5. The molecule has 1 heterocycles. The normalized spacial score (nSPS) is 15.9. The summed E-state index contributed by atoms with van der Waals surface area (Å²) >= 11 is 0. The Hall–Kier alpha value is -3.14. The Morgan fingerprint density at radius 3 is 2.32 bits per heavy atom. The first-order valence-electron chi connectivity index (χ1n) is 12.9. The first-order valence-corrected chi connectivity index (χ1v) is 12.9. The number of hydroxylamine groups is 2. The lowest BCUT2D eigenvalue weighted by Gasteiger charge is -2.39.